The minimum Gasteiger partial charge on any atom is -0.497 e. The Bertz CT molecular complexity index is 358. The summed E-state index contributed by atoms with van der Waals surface area (Å²) in [7, 11) is 1.70. The summed E-state index contributed by atoms with van der Waals surface area (Å²) in [5.41, 5.74) is 2.54. The third-order valence-corrected chi connectivity index (χ3v) is 2.72. The van der Waals surface area contributed by atoms with Gasteiger partial charge >= 0.3 is 0 Å². The lowest BCUT2D eigenvalue weighted by molar-refractivity contribution is 0.414. The van der Waals surface area contributed by atoms with E-state index in [0.717, 1.165) is 25.3 Å². The fourth-order valence-electron chi connectivity index (χ4n) is 1.68. The SMILES string of the molecule is CCCNCCC=C(C)c1cccc(OC)c1. The van der Waals surface area contributed by atoms with Gasteiger partial charge in [-0.15, -0.1) is 0 Å². The first-order valence-corrected chi connectivity index (χ1v) is 6.29. The molecule has 1 rings (SSSR count). The van der Waals surface area contributed by atoms with Crippen molar-refractivity contribution in [3.63, 3.8) is 0 Å². The Labute approximate surface area is 105 Å². The van der Waals surface area contributed by atoms with E-state index >= 15 is 0 Å². The van der Waals surface area contributed by atoms with E-state index in [9.17, 15) is 0 Å². The first kappa shape index (κ1) is 13.8. The molecule has 0 amide bonds. The highest BCUT2D eigenvalue weighted by Crippen LogP contribution is 2.19. The molecule has 0 fully saturated rings. The molecular weight excluding hydrogens is 210 g/mol. The van der Waals surface area contributed by atoms with Crippen LogP contribution in [0.1, 0.15) is 32.3 Å². The largest absolute Gasteiger partial charge is 0.497 e. The molecule has 0 atom stereocenters. The van der Waals surface area contributed by atoms with Crippen LogP contribution in [0.2, 0.25) is 0 Å². The predicted molar refractivity (Wildman–Crippen MR) is 74.4 cm³/mol. The monoisotopic (exact) mass is 233 g/mol. The van der Waals surface area contributed by atoms with Gasteiger partial charge in [0.15, 0.2) is 0 Å². The summed E-state index contributed by atoms with van der Waals surface area (Å²) in [5, 5.41) is 3.40. The fourth-order valence-corrected chi connectivity index (χ4v) is 1.68. The summed E-state index contributed by atoms with van der Waals surface area (Å²) in [6.07, 6.45) is 4.54. The molecule has 2 nitrogen and oxygen atoms in total. The van der Waals surface area contributed by atoms with Crippen LogP contribution in [0, 0.1) is 0 Å². The van der Waals surface area contributed by atoms with E-state index in [2.05, 4.69) is 37.4 Å². The van der Waals surface area contributed by atoms with Gasteiger partial charge in [0.1, 0.15) is 5.75 Å². The van der Waals surface area contributed by atoms with Crippen LogP contribution in [-0.2, 0) is 0 Å². The Balaban J connectivity index is 2.49. The maximum absolute atomic E-state index is 5.22. The van der Waals surface area contributed by atoms with Gasteiger partial charge in [-0.3, -0.25) is 0 Å². The zero-order chi connectivity index (χ0) is 12.5. The second-order valence-electron chi connectivity index (χ2n) is 4.16. The number of hydrogen-bond acceptors (Lipinski definition) is 2. The van der Waals surface area contributed by atoms with E-state index in [1.54, 1.807) is 7.11 Å². The summed E-state index contributed by atoms with van der Waals surface area (Å²) in [6, 6.07) is 8.19. The van der Waals surface area contributed by atoms with Gasteiger partial charge in [-0.2, -0.15) is 0 Å². The molecule has 17 heavy (non-hydrogen) atoms. The van der Waals surface area contributed by atoms with Crippen LogP contribution in [0.5, 0.6) is 5.75 Å². The van der Waals surface area contributed by atoms with Crippen molar-refractivity contribution < 1.29 is 4.74 Å². The van der Waals surface area contributed by atoms with Crippen molar-refractivity contribution in [3.05, 3.63) is 35.9 Å². The maximum atomic E-state index is 5.22. The highest BCUT2D eigenvalue weighted by molar-refractivity contribution is 5.64. The zero-order valence-electron chi connectivity index (χ0n) is 11.1. The van der Waals surface area contributed by atoms with Gasteiger partial charge in [-0.25, -0.2) is 0 Å². The molecule has 1 aromatic rings. The molecular formula is C15H23NO. The van der Waals surface area contributed by atoms with E-state index in [1.165, 1.54) is 17.6 Å². The number of methoxy groups -OCH3 is 1. The predicted octanol–water partition coefficient (Wildman–Crippen LogP) is 3.49. The summed E-state index contributed by atoms with van der Waals surface area (Å²) in [5.74, 6) is 0.916. The van der Waals surface area contributed by atoms with Gasteiger partial charge in [-0.05, 0) is 56.1 Å². The summed E-state index contributed by atoms with van der Waals surface area (Å²) < 4.78 is 5.22. The molecule has 0 unspecified atom stereocenters. The van der Waals surface area contributed by atoms with Crippen molar-refractivity contribution in [2.75, 3.05) is 20.2 Å². The van der Waals surface area contributed by atoms with Gasteiger partial charge in [0.2, 0.25) is 0 Å². The molecule has 0 bridgehead atoms. The molecule has 1 N–H and O–H groups in total. The summed E-state index contributed by atoms with van der Waals surface area (Å²) >= 11 is 0. The fraction of sp³-hybridized carbons (Fsp3) is 0.467. The summed E-state index contributed by atoms with van der Waals surface area (Å²) in [4.78, 5) is 0. The maximum Gasteiger partial charge on any atom is 0.119 e. The summed E-state index contributed by atoms with van der Waals surface area (Å²) in [6.45, 7) is 6.49. The average Bonchev–Trinajstić information content (AvgIpc) is 2.38. The van der Waals surface area contributed by atoms with Gasteiger partial charge in [0, 0.05) is 0 Å². The van der Waals surface area contributed by atoms with Crippen molar-refractivity contribution in [1.82, 2.24) is 5.32 Å². The van der Waals surface area contributed by atoms with Crippen molar-refractivity contribution >= 4 is 5.57 Å². The average molecular weight is 233 g/mol. The van der Waals surface area contributed by atoms with Gasteiger partial charge in [0.05, 0.1) is 7.11 Å². The second kappa shape index (κ2) is 7.91. The van der Waals surface area contributed by atoms with Crippen LogP contribution in [0.25, 0.3) is 5.57 Å². The minimum atomic E-state index is 0.916. The first-order valence-electron chi connectivity index (χ1n) is 6.29. The molecule has 0 aliphatic carbocycles. The lowest BCUT2D eigenvalue weighted by Crippen LogP contribution is -2.15. The molecule has 0 aliphatic heterocycles. The molecule has 0 heterocycles. The number of nitrogens with one attached hydrogen (secondary N) is 1. The number of rotatable bonds is 7. The molecule has 0 radical (unpaired) electrons. The standard InChI is InChI=1S/C15H23NO/c1-4-10-16-11-6-7-13(2)14-8-5-9-15(12-14)17-3/h5,7-9,12,16H,4,6,10-11H2,1-3H3. The highest BCUT2D eigenvalue weighted by atomic mass is 16.5. The molecule has 0 spiro atoms. The Hall–Kier alpha value is -1.28. The van der Waals surface area contributed by atoms with Crippen LogP contribution in [0.15, 0.2) is 30.3 Å². The zero-order valence-corrected chi connectivity index (χ0v) is 11.1. The smallest absolute Gasteiger partial charge is 0.119 e. The second-order valence-corrected chi connectivity index (χ2v) is 4.16. The third kappa shape index (κ3) is 5.05. The Morgan fingerprint density at radius 1 is 1.35 bits per heavy atom. The number of allylic oxidation sites excluding steroid dienone is 1. The topological polar surface area (TPSA) is 21.3 Å². The number of hydrogen-bond donors (Lipinski definition) is 1. The third-order valence-electron chi connectivity index (χ3n) is 2.72. The van der Waals surface area contributed by atoms with Crippen LogP contribution >= 0.6 is 0 Å². The van der Waals surface area contributed by atoms with Crippen LogP contribution in [0.4, 0.5) is 0 Å². The Kier molecular flexibility index (Phi) is 6.41. The Morgan fingerprint density at radius 3 is 2.88 bits per heavy atom. The molecule has 94 valence electrons. The van der Waals surface area contributed by atoms with Crippen LogP contribution < -0.4 is 10.1 Å². The first-order chi connectivity index (χ1) is 8.27. The molecule has 0 aliphatic rings. The van der Waals surface area contributed by atoms with E-state index in [-0.39, 0.29) is 0 Å². The van der Waals surface area contributed by atoms with E-state index in [1.807, 2.05) is 12.1 Å². The highest BCUT2D eigenvalue weighted by Gasteiger charge is 1.97. The molecule has 2 heteroatoms. The van der Waals surface area contributed by atoms with E-state index in [4.69, 9.17) is 4.74 Å². The van der Waals surface area contributed by atoms with Crippen molar-refractivity contribution in [2.24, 2.45) is 0 Å². The van der Waals surface area contributed by atoms with Gasteiger partial charge in [-0.1, -0.05) is 25.1 Å². The quantitative estimate of drug-likeness (QED) is 0.728. The van der Waals surface area contributed by atoms with Gasteiger partial charge < -0.3 is 10.1 Å². The normalized spacial score (nSPS) is 11.6. The van der Waals surface area contributed by atoms with Crippen molar-refractivity contribution in [3.8, 4) is 5.75 Å². The number of ether oxygens (including phenoxy) is 1. The van der Waals surface area contributed by atoms with Crippen molar-refractivity contribution in [1.29, 1.82) is 0 Å². The number of benzene rings is 1. The minimum absolute atomic E-state index is 0.916. The van der Waals surface area contributed by atoms with Crippen LogP contribution in [-0.4, -0.2) is 20.2 Å². The molecule has 1 aromatic carbocycles. The van der Waals surface area contributed by atoms with E-state index < -0.39 is 0 Å². The van der Waals surface area contributed by atoms with Crippen molar-refractivity contribution in [2.45, 2.75) is 26.7 Å². The molecule has 0 saturated heterocycles. The van der Waals surface area contributed by atoms with Gasteiger partial charge in [0.25, 0.3) is 0 Å². The van der Waals surface area contributed by atoms with E-state index in [0.29, 0.717) is 0 Å². The van der Waals surface area contributed by atoms with Crippen LogP contribution in [0.3, 0.4) is 0 Å². The Morgan fingerprint density at radius 2 is 2.18 bits per heavy atom. The molecule has 0 aromatic heterocycles. The lowest BCUT2D eigenvalue weighted by atomic mass is 10.1. The lowest BCUT2D eigenvalue weighted by Gasteiger charge is -2.05. The molecule has 0 saturated carbocycles.